The number of amides is 1. The van der Waals surface area contributed by atoms with Crippen molar-refractivity contribution in [3.63, 3.8) is 0 Å². The number of carbonyl (C=O) groups excluding carboxylic acids is 2. The number of carboxylic acids is 1. The van der Waals surface area contributed by atoms with Gasteiger partial charge in [-0.3, -0.25) is 4.79 Å². The van der Waals surface area contributed by atoms with Crippen LogP contribution in [0.15, 0.2) is 18.2 Å². The first-order chi connectivity index (χ1) is 13.1. The first kappa shape index (κ1) is 23.3. The molecule has 0 fully saturated rings. The van der Waals surface area contributed by atoms with Crippen molar-refractivity contribution in [2.75, 3.05) is 13.2 Å². The number of carbonyl (C=O) groups is 3. The van der Waals surface area contributed by atoms with Crippen LogP contribution >= 0.6 is 0 Å². The Morgan fingerprint density at radius 3 is 2.46 bits per heavy atom. The van der Waals surface area contributed by atoms with Crippen LogP contribution in [0, 0.1) is 6.92 Å². The van der Waals surface area contributed by atoms with Crippen LogP contribution in [-0.2, 0) is 9.53 Å². The lowest BCUT2D eigenvalue weighted by Gasteiger charge is -2.19. The Labute approximate surface area is 165 Å². The zero-order valence-electron chi connectivity index (χ0n) is 16.6. The summed E-state index contributed by atoms with van der Waals surface area (Å²) in [6, 6.07) is 4.06. The highest BCUT2D eigenvalue weighted by molar-refractivity contribution is 5.89. The van der Waals surface area contributed by atoms with Crippen LogP contribution in [0.5, 0.6) is 11.5 Å². The normalized spacial score (nSPS) is 10.9. The number of unbranched alkanes of at least 4 members (excludes halogenated alkanes) is 2. The lowest BCUT2D eigenvalue weighted by atomic mass is 10.2. The molecular formula is C20H28NO7-. The fraction of sp³-hybridized carbons (Fsp3) is 0.500. The average molecular weight is 394 g/mol. The molecule has 0 unspecified atom stereocenters. The van der Waals surface area contributed by atoms with Gasteiger partial charge >= 0.3 is 18.0 Å². The van der Waals surface area contributed by atoms with E-state index in [2.05, 4.69) is 12.2 Å². The second kappa shape index (κ2) is 11.2. The summed E-state index contributed by atoms with van der Waals surface area (Å²) >= 11 is 0. The fourth-order valence-corrected chi connectivity index (χ4v) is 2.06. The lowest BCUT2D eigenvalue weighted by Crippen LogP contribution is -2.34. The molecule has 156 valence electrons. The van der Waals surface area contributed by atoms with Gasteiger partial charge in [0, 0.05) is 6.54 Å². The standard InChI is InChI=1S/C20H28NO7/c1-5-6-7-12-26-15-9-8-14(18(23)24)13-16(15)27-17(22)10-11-21-19(25)28-20(2,3)4/h8-9,13H,1,5-7,10-12H2,2-4H3,(H,21,25)(H,23,24)/q-1. The van der Waals surface area contributed by atoms with E-state index >= 15 is 0 Å². The van der Waals surface area contributed by atoms with Gasteiger partial charge < -0.3 is 31.6 Å². The topological polar surface area (TPSA) is 111 Å². The van der Waals surface area contributed by atoms with Gasteiger partial charge in [0.1, 0.15) is 5.60 Å². The smallest absolute Gasteiger partial charge is 0.407 e. The molecule has 0 spiro atoms. The van der Waals surface area contributed by atoms with E-state index in [-0.39, 0.29) is 30.0 Å². The lowest BCUT2D eigenvalue weighted by molar-refractivity contribution is -0.134. The first-order valence-corrected chi connectivity index (χ1v) is 9.09. The largest absolute Gasteiger partial charge is 0.490 e. The van der Waals surface area contributed by atoms with E-state index in [0.717, 1.165) is 19.3 Å². The third kappa shape index (κ3) is 9.25. The summed E-state index contributed by atoms with van der Waals surface area (Å²) in [5.41, 5.74) is -0.665. The van der Waals surface area contributed by atoms with Crippen LogP contribution in [0.2, 0.25) is 0 Å². The van der Waals surface area contributed by atoms with Crippen molar-refractivity contribution in [1.82, 2.24) is 5.32 Å². The van der Waals surface area contributed by atoms with Crippen molar-refractivity contribution >= 4 is 18.0 Å². The summed E-state index contributed by atoms with van der Waals surface area (Å²) in [5, 5.41) is 11.6. The minimum absolute atomic E-state index is 0.0199. The summed E-state index contributed by atoms with van der Waals surface area (Å²) in [6.45, 7) is 9.36. The molecule has 1 aromatic rings. The fourth-order valence-electron chi connectivity index (χ4n) is 2.06. The van der Waals surface area contributed by atoms with E-state index in [9.17, 15) is 14.4 Å². The molecule has 0 saturated heterocycles. The molecule has 0 aliphatic heterocycles. The van der Waals surface area contributed by atoms with Crippen LogP contribution in [0.4, 0.5) is 4.79 Å². The predicted octanol–water partition coefficient (Wildman–Crippen LogP) is 3.59. The van der Waals surface area contributed by atoms with Crippen LogP contribution in [0.1, 0.15) is 56.8 Å². The Kier molecular flexibility index (Phi) is 9.27. The third-order valence-corrected chi connectivity index (χ3v) is 3.31. The number of benzene rings is 1. The highest BCUT2D eigenvalue weighted by Gasteiger charge is 2.17. The van der Waals surface area contributed by atoms with Gasteiger partial charge in [0.15, 0.2) is 11.5 Å². The zero-order valence-corrected chi connectivity index (χ0v) is 16.6. The molecule has 0 radical (unpaired) electrons. The molecule has 0 heterocycles. The summed E-state index contributed by atoms with van der Waals surface area (Å²) in [5.74, 6) is -1.48. The van der Waals surface area contributed by atoms with Gasteiger partial charge in [-0.2, -0.15) is 6.42 Å². The Morgan fingerprint density at radius 2 is 1.86 bits per heavy atom. The number of esters is 1. The number of rotatable bonds is 10. The number of ether oxygens (including phenoxy) is 3. The summed E-state index contributed by atoms with van der Waals surface area (Å²) in [4.78, 5) is 34.8. The number of hydrogen-bond acceptors (Lipinski definition) is 6. The van der Waals surface area contributed by atoms with Crippen LogP contribution in [0.25, 0.3) is 0 Å². The number of carboxylic acid groups (broad SMARTS) is 1. The molecule has 0 aliphatic rings. The van der Waals surface area contributed by atoms with E-state index in [4.69, 9.17) is 19.3 Å². The third-order valence-electron chi connectivity index (χ3n) is 3.31. The molecule has 2 N–H and O–H groups in total. The van der Waals surface area contributed by atoms with Gasteiger partial charge in [-0.15, -0.1) is 0 Å². The summed E-state index contributed by atoms with van der Waals surface area (Å²) in [7, 11) is 0. The maximum atomic E-state index is 12.1. The molecule has 1 rings (SSSR count). The highest BCUT2D eigenvalue weighted by Crippen LogP contribution is 2.29. The van der Waals surface area contributed by atoms with Crippen LogP contribution < -0.4 is 14.8 Å². The molecule has 28 heavy (non-hydrogen) atoms. The number of nitrogens with one attached hydrogen (secondary N) is 1. The van der Waals surface area contributed by atoms with Crippen molar-refractivity contribution in [1.29, 1.82) is 0 Å². The molecule has 1 amide bonds. The molecular weight excluding hydrogens is 366 g/mol. The summed E-state index contributed by atoms with van der Waals surface area (Å²) in [6.07, 6.45) is 1.70. The Balaban J connectivity index is 2.65. The van der Waals surface area contributed by atoms with Gasteiger partial charge in [0.25, 0.3) is 0 Å². The highest BCUT2D eigenvalue weighted by atomic mass is 16.6. The molecule has 1 aromatic carbocycles. The number of hydrogen-bond donors (Lipinski definition) is 2. The second-order valence-electron chi connectivity index (χ2n) is 7.03. The maximum Gasteiger partial charge on any atom is 0.407 e. The van der Waals surface area contributed by atoms with Crippen molar-refractivity contribution in [2.24, 2.45) is 0 Å². The SMILES string of the molecule is [CH2-]CCCCOc1ccc(C(=O)O)cc1OC(=O)CCNC(=O)OC(C)(C)C. The van der Waals surface area contributed by atoms with Crippen LogP contribution in [0.3, 0.4) is 0 Å². The van der Waals surface area contributed by atoms with Gasteiger partial charge in [-0.1, -0.05) is 6.42 Å². The molecule has 0 saturated carbocycles. The monoisotopic (exact) mass is 394 g/mol. The molecule has 8 heteroatoms. The first-order valence-electron chi connectivity index (χ1n) is 9.09. The predicted molar refractivity (Wildman–Crippen MR) is 103 cm³/mol. The van der Waals surface area contributed by atoms with E-state index < -0.39 is 23.6 Å². The quantitative estimate of drug-likeness (QED) is 0.270. The molecule has 0 aromatic heterocycles. The van der Waals surface area contributed by atoms with E-state index in [1.807, 2.05) is 0 Å². The van der Waals surface area contributed by atoms with Crippen LogP contribution in [-0.4, -0.2) is 41.9 Å². The molecule has 0 aliphatic carbocycles. The van der Waals surface area contributed by atoms with Gasteiger partial charge in [-0.25, -0.2) is 9.59 Å². The maximum absolute atomic E-state index is 12.1. The van der Waals surface area contributed by atoms with Crippen molar-refractivity contribution in [3.8, 4) is 11.5 Å². The Hall–Kier alpha value is -2.77. The molecule has 8 nitrogen and oxygen atoms in total. The van der Waals surface area contributed by atoms with E-state index in [1.54, 1.807) is 20.8 Å². The minimum Gasteiger partial charge on any atom is -0.490 e. The van der Waals surface area contributed by atoms with Gasteiger partial charge in [0.2, 0.25) is 0 Å². The summed E-state index contributed by atoms with van der Waals surface area (Å²) < 4.78 is 15.9. The Bertz CT molecular complexity index is 680. The van der Waals surface area contributed by atoms with E-state index in [1.165, 1.54) is 18.2 Å². The zero-order chi connectivity index (χ0) is 21.2. The van der Waals surface area contributed by atoms with Crippen molar-refractivity contribution in [3.05, 3.63) is 30.7 Å². The van der Waals surface area contributed by atoms with Crippen molar-refractivity contribution in [2.45, 2.75) is 52.1 Å². The molecule has 0 atom stereocenters. The number of alkyl carbamates (subject to hydrolysis) is 1. The second-order valence-corrected chi connectivity index (χ2v) is 7.03. The van der Waals surface area contributed by atoms with Gasteiger partial charge in [0.05, 0.1) is 18.6 Å². The molecule has 0 bridgehead atoms. The average Bonchev–Trinajstić information content (AvgIpc) is 2.58. The Morgan fingerprint density at radius 1 is 1.14 bits per heavy atom. The van der Waals surface area contributed by atoms with Gasteiger partial charge in [-0.05, 0) is 45.4 Å². The van der Waals surface area contributed by atoms with E-state index in [0.29, 0.717) is 6.61 Å². The minimum atomic E-state index is -1.15. The number of aromatic carboxylic acids is 1. The van der Waals surface area contributed by atoms with Crippen molar-refractivity contribution < 1.29 is 33.7 Å².